The van der Waals surface area contributed by atoms with Crippen LogP contribution in [0.1, 0.15) is 30.9 Å². The van der Waals surface area contributed by atoms with Crippen LogP contribution < -0.4 is 0 Å². The van der Waals surface area contributed by atoms with Gasteiger partial charge in [0, 0.05) is 24.1 Å². The first-order valence-electron chi connectivity index (χ1n) is 7.57. The van der Waals surface area contributed by atoms with Gasteiger partial charge in [-0.25, -0.2) is 0 Å². The third kappa shape index (κ3) is 5.68. The summed E-state index contributed by atoms with van der Waals surface area (Å²) in [6.07, 6.45) is 2.65. The molecule has 1 aliphatic heterocycles. The maximum Gasteiger partial charge on any atom is 0.0802 e. The van der Waals surface area contributed by atoms with E-state index in [9.17, 15) is 5.11 Å². The summed E-state index contributed by atoms with van der Waals surface area (Å²) >= 11 is 3.40. The fourth-order valence-electron chi connectivity index (χ4n) is 2.68. The van der Waals surface area contributed by atoms with Crippen LogP contribution in [0.4, 0.5) is 0 Å². The molecular weight excluding hydrogens is 334 g/mol. The van der Waals surface area contributed by atoms with Crippen LogP contribution in [-0.2, 0) is 4.74 Å². The molecule has 1 aromatic rings. The van der Waals surface area contributed by atoms with Gasteiger partial charge in [-0.15, -0.1) is 0 Å². The molecule has 0 amide bonds. The number of halogens is 1. The molecule has 0 spiro atoms. The topological polar surface area (TPSA) is 52.9 Å². The Morgan fingerprint density at radius 2 is 1.90 bits per heavy atom. The van der Waals surface area contributed by atoms with Gasteiger partial charge in [-0.2, -0.15) is 0 Å². The van der Waals surface area contributed by atoms with E-state index in [1.54, 1.807) is 0 Å². The zero-order valence-corrected chi connectivity index (χ0v) is 13.8. The van der Waals surface area contributed by atoms with Gasteiger partial charge in [0.05, 0.1) is 25.4 Å². The normalized spacial score (nSPS) is 18.8. The summed E-state index contributed by atoms with van der Waals surface area (Å²) in [4.78, 5) is 2.38. The highest BCUT2D eigenvalue weighted by Gasteiger charge is 2.20. The molecule has 0 aliphatic carbocycles. The lowest BCUT2D eigenvalue weighted by Crippen LogP contribution is -2.38. The summed E-state index contributed by atoms with van der Waals surface area (Å²) in [5, 5.41) is 19.0. The summed E-state index contributed by atoms with van der Waals surface area (Å²) in [7, 11) is 0. The average molecular weight is 358 g/mol. The van der Waals surface area contributed by atoms with E-state index >= 15 is 0 Å². The van der Waals surface area contributed by atoms with Crippen LogP contribution in [0.5, 0.6) is 0 Å². The summed E-state index contributed by atoms with van der Waals surface area (Å²) in [6, 6.07) is 7.85. The maximum atomic E-state index is 10.2. The molecule has 118 valence electrons. The van der Waals surface area contributed by atoms with Crippen molar-refractivity contribution < 1.29 is 14.9 Å². The number of hydrogen-bond acceptors (Lipinski definition) is 4. The minimum absolute atomic E-state index is 0.0968. The molecule has 4 nitrogen and oxygen atoms in total. The molecule has 1 aliphatic rings. The van der Waals surface area contributed by atoms with E-state index < -0.39 is 6.10 Å². The van der Waals surface area contributed by atoms with E-state index in [0.717, 1.165) is 48.9 Å². The maximum absolute atomic E-state index is 10.2. The zero-order valence-electron chi connectivity index (χ0n) is 12.2. The minimum atomic E-state index is -0.401. The standard InChI is InChI=1S/C16H24BrNO3/c17-14-3-1-13(2-4-14)16(20)7-10-18-8-5-15(6-9-18)21-12-11-19/h1-4,15-16,19-20H,5-12H2. The van der Waals surface area contributed by atoms with Crippen LogP contribution in [0.25, 0.3) is 0 Å². The molecule has 1 aromatic carbocycles. The predicted molar refractivity (Wildman–Crippen MR) is 86.2 cm³/mol. The molecule has 0 saturated carbocycles. The average Bonchev–Trinajstić information content (AvgIpc) is 2.52. The summed E-state index contributed by atoms with van der Waals surface area (Å²) < 4.78 is 6.59. The van der Waals surface area contributed by atoms with Gasteiger partial charge in [0.1, 0.15) is 0 Å². The first-order valence-corrected chi connectivity index (χ1v) is 8.36. The van der Waals surface area contributed by atoms with Gasteiger partial charge >= 0.3 is 0 Å². The number of nitrogens with zero attached hydrogens (tertiary/aromatic N) is 1. The molecule has 2 rings (SSSR count). The van der Waals surface area contributed by atoms with Crippen molar-refractivity contribution in [3.8, 4) is 0 Å². The Balaban J connectivity index is 1.68. The van der Waals surface area contributed by atoms with Gasteiger partial charge in [0.2, 0.25) is 0 Å². The number of aliphatic hydroxyl groups is 2. The molecule has 5 heteroatoms. The van der Waals surface area contributed by atoms with Crippen molar-refractivity contribution in [3.05, 3.63) is 34.3 Å². The Morgan fingerprint density at radius 3 is 2.52 bits per heavy atom. The van der Waals surface area contributed by atoms with Crippen molar-refractivity contribution in [1.29, 1.82) is 0 Å². The van der Waals surface area contributed by atoms with E-state index in [4.69, 9.17) is 9.84 Å². The van der Waals surface area contributed by atoms with E-state index in [-0.39, 0.29) is 12.7 Å². The first-order chi connectivity index (χ1) is 10.2. The summed E-state index contributed by atoms with van der Waals surface area (Å²) in [6.45, 7) is 3.45. The van der Waals surface area contributed by atoms with E-state index in [1.165, 1.54) is 0 Å². The van der Waals surface area contributed by atoms with Crippen molar-refractivity contribution >= 4 is 15.9 Å². The predicted octanol–water partition coefficient (Wildman–Crippen LogP) is 2.35. The Hall–Kier alpha value is -0.460. The lowest BCUT2D eigenvalue weighted by Gasteiger charge is -2.32. The Labute approximate surface area is 134 Å². The van der Waals surface area contributed by atoms with Gasteiger partial charge in [-0.05, 0) is 37.0 Å². The smallest absolute Gasteiger partial charge is 0.0802 e. The van der Waals surface area contributed by atoms with Crippen molar-refractivity contribution in [2.24, 2.45) is 0 Å². The fourth-order valence-corrected chi connectivity index (χ4v) is 2.94. The molecule has 1 unspecified atom stereocenters. The highest BCUT2D eigenvalue weighted by atomic mass is 79.9. The third-order valence-corrected chi connectivity index (χ3v) is 4.48. The van der Waals surface area contributed by atoms with Crippen molar-refractivity contribution in [2.45, 2.75) is 31.5 Å². The summed E-state index contributed by atoms with van der Waals surface area (Å²) in [5.74, 6) is 0. The molecule has 0 radical (unpaired) electrons. The Morgan fingerprint density at radius 1 is 1.24 bits per heavy atom. The molecular formula is C16H24BrNO3. The van der Waals surface area contributed by atoms with Crippen LogP contribution in [0.15, 0.2) is 28.7 Å². The SMILES string of the molecule is OCCOC1CCN(CCC(O)c2ccc(Br)cc2)CC1. The molecule has 1 heterocycles. The highest BCUT2D eigenvalue weighted by Crippen LogP contribution is 2.21. The number of likely N-dealkylation sites (tertiary alicyclic amines) is 1. The first kappa shape index (κ1) is 16.9. The van der Waals surface area contributed by atoms with Gasteiger partial charge in [0.15, 0.2) is 0 Å². The molecule has 1 saturated heterocycles. The minimum Gasteiger partial charge on any atom is -0.394 e. The van der Waals surface area contributed by atoms with Gasteiger partial charge in [0.25, 0.3) is 0 Å². The van der Waals surface area contributed by atoms with Crippen LogP contribution in [-0.4, -0.2) is 54.1 Å². The van der Waals surface area contributed by atoms with Crippen molar-refractivity contribution in [1.82, 2.24) is 4.90 Å². The monoisotopic (exact) mass is 357 g/mol. The van der Waals surface area contributed by atoms with Crippen LogP contribution >= 0.6 is 15.9 Å². The molecule has 1 fully saturated rings. The molecule has 0 aromatic heterocycles. The molecule has 2 N–H and O–H groups in total. The van der Waals surface area contributed by atoms with Gasteiger partial charge < -0.3 is 19.8 Å². The molecule has 1 atom stereocenters. The van der Waals surface area contributed by atoms with Gasteiger partial charge in [-0.3, -0.25) is 0 Å². The molecule has 0 bridgehead atoms. The van der Waals surface area contributed by atoms with E-state index in [2.05, 4.69) is 20.8 Å². The Bertz CT molecular complexity index is 404. The quantitative estimate of drug-likeness (QED) is 0.786. The fraction of sp³-hybridized carbons (Fsp3) is 0.625. The van der Waals surface area contributed by atoms with Crippen LogP contribution in [0, 0.1) is 0 Å². The third-order valence-electron chi connectivity index (χ3n) is 3.95. The molecule has 21 heavy (non-hydrogen) atoms. The number of piperidine rings is 1. The van der Waals surface area contributed by atoms with Crippen molar-refractivity contribution in [2.75, 3.05) is 32.8 Å². The second-order valence-corrected chi connectivity index (χ2v) is 6.41. The highest BCUT2D eigenvalue weighted by molar-refractivity contribution is 9.10. The Kier molecular flexibility index (Phi) is 7.13. The van der Waals surface area contributed by atoms with E-state index in [1.807, 2.05) is 24.3 Å². The number of hydrogen-bond donors (Lipinski definition) is 2. The summed E-state index contributed by atoms with van der Waals surface area (Å²) in [5.41, 5.74) is 0.972. The van der Waals surface area contributed by atoms with Crippen LogP contribution in [0.3, 0.4) is 0 Å². The number of ether oxygens (including phenoxy) is 1. The zero-order chi connectivity index (χ0) is 15.1. The number of rotatable bonds is 7. The number of aliphatic hydroxyl groups excluding tert-OH is 2. The lowest BCUT2D eigenvalue weighted by atomic mass is 10.0. The van der Waals surface area contributed by atoms with Gasteiger partial charge in [-0.1, -0.05) is 28.1 Å². The van der Waals surface area contributed by atoms with Crippen LogP contribution in [0.2, 0.25) is 0 Å². The second-order valence-electron chi connectivity index (χ2n) is 5.49. The second kappa shape index (κ2) is 8.86. The largest absolute Gasteiger partial charge is 0.394 e. The van der Waals surface area contributed by atoms with Crippen molar-refractivity contribution in [3.63, 3.8) is 0 Å². The lowest BCUT2D eigenvalue weighted by molar-refractivity contribution is -0.00958. The number of benzene rings is 1. The van der Waals surface area contributed by atoms with E-state index in [0.29, 0.717) is 6.61 Å².